The first-order valence-electron chi connectivity index (χ1n) is 6.53. The van der Waals surface area contributed by atoms with Gasteiger partial charge in [-0.25, -0.2) is 9.59 Å². The van der Waals surface area contributed by atoms with Crippen molar-refractivity contribution in [1.29, 1.82) is 0 Å². The van der Waals surface area contributed by atoms with E-state index >= 15 is 0 Å². The van der Waals surface area contributed by atoms with E-state index in [-0.39, 0.29) is 0 Å². The molecule has 6 heteroatoms. The van der Waals surface area contributed by atoms with Crippen LogP contribution < -0.4 is 5.32 Å². The Morgan fingerprint density at radius 1 is 1.33 bits per heavy atom. The van der Waals surface area contributed by atoms with Crippen LogP contribution in [0.5, 0.6) is 0 Å². The van der Waals surface area contributed by atoms with Crippen LogP contribution in [-0.4, -0.2) is 30.8 Å². The first kappa shape index (κ1) is 17.7. The Morgan fingerprint density at radius 2 is 2.00 bits per heavy atom. The molecule has 0 heterocycles. The summed E-state index contributed by atoms with van der Waals surface area (Å²) in [5.41, 5.74) is 0.320. The topological polar surface area (TPSA) is 64.6 Å². The van der Waals surface area contributed by atoms with Crippen LogP contribution in [-0.2, 0) is 20.7 Å². The van der Waals surface area contributed by atoms with E-state index in [1.807, 2.05) is 24.3 Å². The molecule has 1 aromatic rings. The lowest BCUT2D eigenvalue weighted by atomic mass is 10.1. The van der Waals surface area contributed by atoms with Gasteiger partial charge < -0.3 is 14.8 Å². The van der Waals surface area contributed by atoms with Crippen molar-refractivity contribution in [2.75, 3.05) is 7.11 Å². The van der Waals surface area contributed by atoms with Crippen LogP contribution >= 0.6 is 22.6 Å². The predicted molar refractivity (Wildman–Crippen MR) is 88.0 cm³/mol. The van der Waals surface area contributed by atoms with Gasteiger partial charge in [-0.15, -0.1) is 0 Å². The Balaban J connectivity index is 2.77. The van der Waals surface area contributed by atoms with Gasteiger partial charge in [0.15, 0.2) is 0 Å². The number of hydrogen-bond acceptors (Lipinski definition) is 4. The number of halogens is 1. The van der Waals surface area contributed by atoms with Crippen LogP contribution in [0.2, 0.25) is 0 Å². The summed E-state index contributed by atoms with van der Waals surface area (Å²) >= 11 is 2.19. The molecule has 0 aliphatic rings. The second-order valence-corrected chi connectivity index (χ2v) is 6.80. The van der Waals surface area contributed by atoms with Gasteiger partial charge in [0, 0.05) is 9.99 Å². The third-order valence-corrected chi connectivity index (χ3v) is 3.18. The second kappa shape index (κ2) is 7.63. The number of nitrogens with one attached hydrogen (secondary N) is 1. The average molecular weight is 405 g/mol. The molecule has 0 aliphatic heterocycles. The number of carbonyl (C=O) groups excluding carboxylic acids is 2. The lowest BCUT2D eigenvalue weighted by Gasteiger charge is -2.22. The number of amides is 1. The monoisotopic (exact) mass is 405 g/mol. The number of methoxy groups -OCH3 is 1. The van der Waals surface area contributed by atoms with Crippen molar-refractivity contribution >= 4 is 34.7 Å². The molecule has 0 saturated carbocycles. The quantitative estimate of drug-likeness (QED) is 0.618. The molecule has 116 valence electrons. The molecule has 0 spiro atoms. The van der Waals surface area contributed by atoms with Gasteiger partial charge in [-0.3, -0.25) is 0 Å². The number of hydrogen-bond donors (Lipinski definition) is 1. The van der Waals surface area contributed by atoms with E-state index in [0.29, 0.717) is 6.42 Å². The van der Waals surface area contributed by atoms with Gasteiger partial charge in [0.2, 0.25) is 0 Å². The van der Waals surface area contributed by atoms with Crippen LogP contribution in [0.15, 0.2) is 24.3 Å². The molecule has 1 aromatic carbocycles. The fourth-order valence-corrected chi connectivity index (χ4v) is 2.29. The van der Waals surface area contributed by atoms with Gasteiger partial charge in [-0.05, 0) is 61.1 Å². The SMILES string of the molecule is COC(=O)[C@H](Cc1cccc(I)c1)NC(=O)OC(C)(C)C. The summed E-state index contributed by atoms with van der Waals surface area (Å²) in [6.45, 7) is 5.29. The summed E-state index contributed by atoms with van der Waals surface area (Å²) in [6, 6.07) is 6.93. The number of ether oxygens (including phenoxy) is 2. The van der Waals surface area contributed by atoms with E-state index in [1.165, 1.54) is 7.11 Å². The first-order valence-corrected chi connectivity index (χ1v) is 7.61. The largest absolute Gasteiger partial charge is 0.467 e. The zero-order valence-electron chi connectivity index (χ0n) is 12.6. The van der Waals surface area contributed by atoms with Crippen molar-refractivity contribution in [2.24, 2.45) is 0 Å². The summed E-state index contributed by atoms with van der Waals surface area (Å²) < 4.78 is 11.0. The molecule has 0 radical (unpaired) electrons. The van der Waals surface area contributed by atoms with Gasteiger partial charge in [-0.2, -0.15) is 0 Å². The van der Waals surface area contributed by atoms with Crippen molar-refractivity contribution in [2.45, 2.75) is 38.8 Å². The molecule has 1 rings (SSSR count). The highest BCUT2D eigenvalue weighted by molar-refractivity contribution is 14.1. The highest BCUT2D eigenvalue weighted by Crippen LogP contribution is 2.12. The van der Waals surface area contributed by atoms with Crippen molar-refractivity contribution in [3.63, 3.8) is 0 Å². The molecule has 0 fully saturated rings. The minimum Gasteiger partial charge on any atom is -0.467 e. The average Bonchev–Trinajstić information content (AvgIpc) is 2.34. The van der Waals surface area contributed by atoms with Gasteiger partial charge in [0.25, 0.3) is 0 Å². The molecule has 21 heavy (non-hydrogen) atoms. The molecule has 1 amide bonds. The van der Waals surface area contributed by atoms with Crippen molar-refractivity contribution < 1.29 is 19.1 Å². The molecule has 0 unspecified atom stereocenters. The lowest BCUT2D eigenvalue weighted by Crippen LogP contribution is -2.45. The van der Waals surface area contributed by atoms with Crippen molar-refractivity contribution in [3.8, 4) is 0 Å². The highest BCUT2D eigenvalue weighted by Gasteiger charge is 2.25. The van der Waals surface area contributed by atoms with E-state index in [4.69, 9.17) is 9.47 Å². The van der Waals surface area contributed by atoms with E-state index in [9.17, 15) is 9.59 Å². The summed E-state index contributed by atoms with van der Waals surface area (Å²) in [6.07, 6.45) is -0.286. The number of benzene rings is 1. The number of alkyl carbamates (subject to hydrolysis) is 1. The Hall–Kier alpha value is -1.31. The number of carbonyl (C=O) groups is 2. The van der Waals surface area contributed by atoms with Gasteiger partial charge >= 0.3 is 12.1 Å². The first-order chi connectivity index (χ1) is 9.71. The summed E-state index contributed by atoms with van der Waals surface area (Å²) in [5.74, 6) is -0.500. The summed E-state index contributed by atoms with van der Waals surface area (Å²) in [5, 5.41) is 2.55. The fourth-order valence-electron chi connectivity index (χ4n) is 1.69. The smallest absolute Gasteiger partial charge is 0.408 e. The minimum atomic E-state index is -0.775. The lowest BCUT2D eigenvalue weighted by molar-refractivity contribution is -0.143. The van der Waals surface area contributed by atoms with Crippen LogP contribution in [0.3, 0.4) is 0 Å². The molecule has 0 aliphatic carbocycles. The normalized spacial score (nSPS) is 12.4. The van der Waals surface area contributed by atoms with Crippen LogP contribution in [0.25, 0.3) is 0 Å². The Kier molecular flexibility index (Phi) is 6.44. The number of rotatable bonds is 4. The number of esters is 1. The Morgan fingerprint density at radius 3 is 2.52 bits per heavy atom. The second-order valence-electron chi connectivity index (χ2n) is 5.56. The van der Waals surface area contributed by atoms with E-state index in [0.717, 1.165) is 9.13 Å². The molecular formula is C15H20INO4. The van der Waals surface area contributed by atoms with Crippen LogP contribution in [0, 0.1) is 3.57 Å². The summed E-state index contributed by atoms with van der Waals surface area (Å²) in [4.78, 5) is 23.6. The Labute approximate surface area is 138 Å². The van der Waals surface area contributed by atoms with E-state index in [1.54, 1.807) is 20.8 Å². The van der Waals surface area contributed by atoms with Gasteiger partial charge in [-0.1, -0.05) is 12.1 Å². The molecular weight excluding hydrogens is 385 g/mol. The Bertz CT molecular complexity index is 511. The third-order valence-electron chi connectivity index (χ3n) is 2.51. The van der Waals surface area contributed by atoms with E-state index < -0.39 is 23.7 Å². The third kappa shape index (κ3) is 6.79. The maximum Gasteiger partial charge on any atom is 0.408 e. The zero-order valence-corrected chi connectivity index (χ0v) is 14.8. The maximum atomic E-state index is 11.8. The van der Waals surface area contributed by atoms with Crippen molar-refractivity contribution in [3.05, 3.63) is 33.4 Å². The fraction of sp³-hybridized carbons (Fsp3) is 0.467. The minimum absolute atomic E-state index is 0.350. The molecule has 1 N–H and O–H groups in total. The molecule has 0 bridgehead atoms. The standard InChI is InChI=1S/C15H20INO4/c1-15(2,3)21-14(19)17-12(13(18)20-4)9-10-6-5-7-11(16)8-10/h5-8,12H,9H2,1-4H3,(H,17,19)/t12-/m0/s1. The molecule has 0 saturated heterocycles. The summed E-state index contributed by atoms with van der Waals surface area (Å²) in [7, 11) is 1.29. The van der Waals surface area contributed by atoms with Crippen LogP contribution in [0.1, 0.15) is 26.3 Å². The molecule has 1 atom stereocenters. The molecule has 5 nitrogen and oxygen atoms in total. The van der Waals surface area contributed by atoms with Gasteiger partial charge in [0.05, 0.1) is 7.11 Å². The molecule has 0 aromatic heterocycles. The van der Waals surface area contributed by atoms with Gasteiger partial charge in [0.1, 0.15) is 11.6 Å². The van der Waals surface area contributed by atoms with Crippen molar-refractivity contribution in [1.82, 2.24) is 5.32 Å². The van der Waals surface area contributed by atoms with E-state index in [2.05, 4.69) is 27.9 Å². The van der Waals surface area contributed by atoms with Crippen LogP contribution in [0.4, 0.5) is 4.79 Å². The maximum absolute atomic E-state index is 11.8. The predicted octanol–water partition coefficient (Wildman–Crippen LogP) is 2.90. The zero-order chi connectivity index (χ0) is 16.0. The highest BCUT2D eigenvalue weighted by atomic mass is 127.